The van der Waals surface area contributed by atoms with Crippen LogP contribution in [-0.2, 0) is 13.0 Å². The molecular weight excluding hydrogens is 406 g/mol. The topological polar surface area (TPSA) is 46.9 Å². The number of imidazole rings is 1. The normalized spacial score (nSPS) is 11.2. The van der Waals surface area contributed by atoms with Crippen molar-refractivity contribution in [3.05, 3.63) is 113 Å². The third-order valence-electron chi connectivity index (χ3n) is 6.15. The van der Waals surface area contributed by atoms with E-state index in [-0.39, 0.29) is 5.91 Å². The maximum Gasteiger partial charge on any atom is 0.251 e. The van der Waals surface area contributed by atoms with Gasteiger partial charge in [-0.2, -0.15) is 0 Å². The van der Waals surface area contributed by atoms with E-state index in [1.165, 1.54) is 16.3 Å². The van der Waals surface area contributed by atoms with Crippen LogP contribution in [-0.4, -0.2) is 22.0 Å². The van der Waals surface area contributed by atoms with Crippen LogP contribution in [0.4, 0.5) is 0 Å². The van der Waals surface area contributed by atoms with Crippen molar-refractivity contribution in [3.8, 4) is 0 Å². The molecule has 0 aliphatic carbocycles. The first-order valence-corrected chi connectivity index (χ1v) is 11.4. The van der Waals surface area contributed by atoms with Gasteiger partial charge in [0.05, 0.1) is 11.0 Å². The number of benzene rings is 4. The summed E-state index contributed by atoms with van der Waals surface area (Å²) in [4.78, 5) is 17.6. The zero-order valence-electron chi connectivity index (χ0n) is 19.0. The Bertz CT molecular complexity index is 1460. The van der Waals surface area contributed by atoms with Gasteiger partial charge in [0.1, 0.15) is 5.82 Å². The Balaban J connectivity index is 1.37. The second kappa shape index (κ2) is 8.91. The molecule has 0 saturated carbocycles. The van der Waals surface area contributed by atoms with E-state index >= 15 is 0 Å². The summed E-state index contributed by atoms with van der Waals surface area (Å²) in [7, 11) is 0. The number of nitrogens with one attached hydrogen (secondary N) is 1. The molecule has 33 heavy (non-hydrogen) atoms. The van der Waals surface area contributed by atoms with E-state index in [4.69, 9.17) is 4.98 Å². The lowest BCUT2D eigenvalue weighted by molar-refractivity contribution is 0.0953. The highest BCUT2D eigenvalue weighted by Crippen LogP contribution is 2.21. The predicted molar refractivity (Wildman–Crippen MR) is 135 cm³/mol. The van der Waals surface area contributed by atoms with Crippen molar-refractivity contribution < 1.29 is 4.79 Å². The highest BCUT2D eigenvalue weighted by molar-refractivity contribution is 5.95. The number of nitrogens with zero attached hydrogens (tertiary/aromatic N) is 2. The summed E-state index contributed by atoms with van der Waals surface area (Å²) in [5.41, 5.74) is 6.21. The fraction of sp³-hybridized carbons (Fsp3) is 0.172. The molecule has 0 unspecified atom stereocenters. The molecule has 4 heteroatoms. The van der Waals surface area contributed by atoms with Gasteiger partial charge in [0.2, 0.25) is 0 Å². The summed E-state index contributed by atoms with van der Waals surface area (Å²) in [6, 6.07) is 29.2. The summed E-state index contributed by atoms with van der Waals surface area (Å²) in [6.45, 7) is 5.29. The molecule has 0 radical (unpaired) electrons. The number of carbonyl (C=O) groups is 1. The SMILES string of the molecule is Cc1ccc(C(=O)NCCc2nc3ccccc3n2Cc2ccc3ccccc3c2)c(C)c1. The maximum absolute atomic E-state index is 12.7. The summed E-state index contributed by atoms with van der Waals surface area (Å²) in [6.07, 6.45) is 0.666. The van der Waals surface area contributed by atoms with E-state index in [9.17, 15) is 4.79 Å². The van der Waals surface area contributed by atoms with Crippen molar-refractivity contribution in [1.82, 2.24) is 14.9 Å². The lowest BCUT2D eigenvalue weighted by atomic mass is 10.1. The Morgan fingerprint density at radius 1 is 0.879 bits per heavy atom. The summed E-state index contributed by atoms with van der Waals surface area (Å²) >= 11 is 0. The molecule has 0 aliphatic heterocycles. The second-order valence-electron chi connectivity index (χ2n) is 8.61. The van der Waals surface area contributed by atoms with Crippen LogP contribution in [0, 0.1) is 13.8 Å². The number of hydrogen-bond donors (Lipinski definition) is 1. The first-order chi connectivity index (χ1) is 16.1. The number of aryl methyl sites for hydroxylation is 2. The van der Waals surface area contributed by atoms with Gasteiger partial charge in [0.25, 0.3) is 5.91 Å². The molecule has 5 rings (SSSR count). The van der Waals surface area contributed by atoms with Gasteiger partial charge in [0, 0.05) is 25.1 Å². The Morgan fingerprint density at radius 2 is 1.67 bits per heavy atom. The Morgan fingerprint density at radius 3 is 2.52 bits per heavy atom. The largest absolute Gasteiger partial charge is 0.352 e. The average molecular weight is 434 g/mol. The van der Waals surface area contributed by atoms with E-state index < -0.39 is 0 Å². The van der Waals surface area contributed by atoms with Crippen molar-refractivity contribution in [1.29, 1.82) is 0 Å². The van der Waals surface area contributed by atoms with Crippen LogP contribution in [0.25, 0.3) is 21.8 Å². The fourth-order valence-electron chi connectivity index (χ4n) is 4.46. The van der Waals surface area contributed by atoms with Crippen molar-refractivity contribution in [2.45, 2.75) is 26.8 Å². The lowest BCUT2D eigenvalue weighted by Gasteiger charge is -2.12. The number of fused-ring (bicyclic) bond motifs is 2. The van der Waals surface area contributed by atoms with Gasteiger partial charge in [-0.1, -0.05) is 66.2 Å². The molecule has 4 nitrogen and oxygen atoms in total. The Kier molecular flexibility index (Phi) is 5.66. The van der Waals surface area contributed by atoms with E-state index in [0.29, 0.717) is 13.0 Å². The quantitative estimate of drug-likeness (QED) is 0.366. The molecule has 0 aliphatic rings. The third kappa shape index (κ3) is 4.37. The van der Waals surface area contributed by atoms with Crippen LogP contribution in [0.5, 0.6) is 0 Å². The first-order valence-electron chi connectivity index (χ1n) is 11.4. The highest BCUT2D eigenvalue weighted by Gasteiger charge is 2.13. The lowest BCUT2D eigenvalue weighted by Crippen LogP contribution is -2.27. The number of carbonyl (C=O) groups excluding carboxylic acids is 1. The van der Waals surface area contributed by atoms with Crippen LogP contribution in [0.2, 0.25) is 0 Å². The van der Waals surface area contributed by atoms with Crippen molar-refractivity contribution in [2.75, 3.05) is 6.54 Å². The summed E-state index contributed by atoms with van der Waals surface area (Å²) in [5.74, 6) is 0.940. The molecule has 0 bridgehead atoms. The molecular formula is C29H27N3O. The molecule has 1 heterocycles. The van der Waals surface area contributed by atoms with Gasteiger partial charge < -0.3 is 9.88 Å². The minimum Gasteiger partial charge on any atom is -0.352 e. The van der Waals surface area contributed by atoms with Crippen LogP contribution >= 0.6 is 0 Å². The van der Waals surface area contributed by atoms with E-state index in [0.717, 1.165) is 40.1 Å². The molecule has 0 fully saturated rings. The molecule has 0 atom stereocenters. The Hall–Kier alpha value is -3.92. The average Bonchev–Trinajstić information content (AvgIpc) is 3.16. The molecule has 4 aromatic carbocycles. The van der Waals surface area contributed by atoms with Gasteiger partial charge in [-0.15, -0.1) is 0 Å². The highest BCUT2D eigenvalue weighted by atomic mass is 16.1. The molecule has 5 aromatic rings. The zero-order valence-corrected chi connectivity index (χ0v) is 19.0. The van der Waals surface area contributed by atoms with Gasteiger partial charge in [0.15, 0.2) is 0 Å². The number of para-hydroxylation sites is 2. The van der Waals surface area contributed by atoms with Gasteiger partial charge >= 0.3 is 0 Å². The molecule has 1 N–H and O–H groups in total. The summed E-state index contributed by atoms with van der Waals surface area (Å²) in [5, 5.41) is 5.55. The first kappa shape index (κ1) is 21.0. The van der Waals surface area contributed by atoms with Crippen LogP contribution in [0.1, 0.15) is 32.9 Å². The monoisotopic (exact) mass is 433 g/mol. The Labute approximate surface area is 193 Å². The van der Waals surface area contributed by atoms with E-state index in [2.05, 4.69) is 58.4 Å². The molecule has 0 saturated heterocycles. The minimum absolute atomic E-state index is 0.0373. The predicted octanol–water partition coefficient (Wildman–Crippen LogP) is 5.83. The molecule has 1 aromatic heterocycles. The molecule has 0 spiro atoms. The minimum atomic E-state index is -0.0373. The van der Waals surface area contributed by atoms with Crippen LogP contribution in [0.15, 0.2) is 84.9 Å². The standard InChI is InChI=1S/C29H27N3O/c1-20-11-14-25(21(2)17-20)29(33)30-16-15-28-31-26-9-5-6-10-27(26)32(28)19-22-12-13-23-7-3-4-8-24(23)18-22/h3-14,17-18H,15-16,19H2,1-2H3,(H,30,33). The number of amides is 1. The fourth-order valence-corrected chi connectivity index (χ4v) is 4.46. The van der Waals surface area contributed by atoms with Crippen molar-refractivity contribution >= 4 is 27.7 Å². The van der Waals surface area contributed by atoms with E-state index in [1.54, 1.807) is 0 Å². The van der Waals surface area contributed by atoms with Gasteiger partial charge in [-0.3, -0.25) is 4.79 Å². The van der Waals surface area contributed by atoms with Crippen LogP contribution in [0.3, 0.4) is 0 Å². The number of rotatable bonds is 6. The van der Waals surface area contributed by atoms with Crippen LogP contribution < -0.4 is 5.32 Å². The van der Waals surface area contributed by atoms with Crippen molar-refractivity contribution in [3.63, 3.8) is 0 Å². The maximum atomic E-state index is 12.7. The number of aromatic nitrogens is 2. The van der Waals surface area contributed by atoms with Gasteiger partial charge in [-0.05, 0) is 60.0 Å². The van der Waals surface area contributed by atoms with Gasteiger partial charge in [-0.25, -0.2) is 4.98 Å². The summed E-state index contributed by atoms with van der Waals surface area (Å²) < 4.78 is 2.27. The smallest absolute Gasteiger partial charge is 0.251 e. The number of hydrogen-bond acceptors (Lipinski definition) is 2. The second-order valence-corrected chi connectivity index (χ2v) is 8.61. The zero-order chi connectivity index (χ0) is 22.8. The molecule has 1 amide bonds. The van der Waals surface area contributed by atoms with E-state index in [1.807, 2.05) is 50.2 Å². The molecule has 164 valence electrons. The third-order valence-corrected chi connectivity index (χ3v) is 6.15. The van der Waals surface area contributed by atoms with Crippen molar-refractivity contribution in [2.24, 2.45) is 0 Å².